The van der Waals surface area contributed by atoms with Gasteiger partial charge in [0.1, 0.15) is 5.69 Å². The van der Waals surface area contributed by atoms with Gasteiger partial charge in [-0.3, -0.25) is 9.20 Å². The first kappa shape index (κ1) is 9.64. The van der Waals surface area contributed by atoms with E-state index in [-0.39, 0.29) is 5.78 Å². The average molecular weight is 300 g/mol. The highest BCUT2D eigenvalue weighted by Gasteiger charge is 2.10. The Hall–Kier alpha value is -0.910. The van der Waals surface area contributed by atoms with Crippen molar-refractivity contribution in [2.45, 2.75) is 13.8 Å². The van der Waals surface area contributed by atoms with E-state index in [2.05, 4.69) is 27.6 Å². The Balaban J connectivity index is 2.90. The standard InChI is InChI=1S/C10H9IN2O/c1-6-3-4-8(11)10-12-5-9(7(2)14)13(6)10/h3-5H,1-2H3. The number of hydrogen-bond donors (Lipinski definition) is 0. The molecule has 2 rings (SSSR count). The van der Waals surface area contributed by atoms with Gasteiger partial charge in [0.25, 0.3) is 0 Å². The van der Waals surface area contributed by atoms with E-state index in [4.69, 9.17) is 0 Å². The second-order valence-corrected chi connectivity index (χ2v) is 4.34. The molecule has 0 saturated carbocycles. The van der Waals surface area contributed by atoms with Crippen LogP contribution in [0.3, 0.4) is 0 Å². The van der Waals surface area contributed by atoms with Crippen LogP contribution in [0.1, 0.15) is 23.1 Å². The fraction of sp³-hybridized carbons (Fsp3) is 0.200. The van der Waals surface area contributed by atoms with Crippen molar-refractivity contribution in [2.75, 3.05) is 0 Å². The predicted octanol–water partition coefficient (Wildman–Crippen LogP) is 2.45. The molecule has 2 aromatic rings. The van der Waals surface area contributed by atoms with Gasteiger partial charge in [0, 0.05) is 12.6 Å². The highest BCUT2D eigenvalue weighted by atomic mass is 127. The maximum atomic E-state index is 11.3. The molecule has 14 heavy (non-hydrogen) atoms. The number of pyridine rings is 1. The van der Waals surface area contributed by atoms with Crippen molar-refractivity contribution < 1.29 is 4.79 Å². The molecule has 0 aromatic carbocycles. The zero-order valence-electron chi connectivity index (χ0n) is 7.91. The summed E-state index contributed by atoms with van der Waals surface area (Å²) in [6.07, 6.45) is 1.63. The van der Waals surface area contributed by atoms with E-state index >= 15 is 0 Å². The van der Waals surface area contributed by atoms with E-state index in [9.17, 15) is 4.79 Å². The number of carbonyl (C=O) groups is 1. The molecule has 0 amide bonds. The number of aromatic nitrogens is 2. The number of aryl methyl sites for hydroxylation is 1. The van der Waals surface area contributed by atoms with Gasteiger partial charge in [0.05, 0.1) is 9.77 Å². The SMILES string of the molecule is CC(=O)c1cnc2c(I)ccc(C)n12. The lowest BCUT2D eigenvalue weighted by atomic mass is 10.3. The Kier molecular flexibility index (Phi) is 2.30. The molecule has 72 valence electrons. The number of Topliss-reactive ketones (excluding diaryl/α,β-unsaturated/α-hetero) is 1. The lowest BCUT2D eigenvalue weighted by Gasteiger charge is -2.03. The van der Waals surface area contributed by atoms with E-state index in [1.54, 1.807) is 13.1 Å². The molecule has 0 aliphatic rings. The maximum absolute atomic E-state index is 11.3. The van der Waals surface area contributed by atoms with Crippen LogP contribution in [0.2, 0.25) is 0 Å². The molecule has 2 heterocycles. The average Bonchev–Trinajstić information content (AvgIpc) is 2.56. The van der Waals surface area contributed by atoms with Crippen LogP contribution in [0.25, 0.3) is 5.65 Å². The number of imidazole rings is 1. The molecule has 3 nitrogen and oxygen atoms in total. The first-order chi connectivity index (χ1) is 6.61. The third-order valence-corrected chi connectivity index (χ3v) is 3.00. The zero-order valence-corrected chi connectivity index (χ0v) is 10.1. The summed E-state index contributed by atoms with van der Waals surface area (Å²) in [5.41, 5.74) is 2.54. The topological polar surface area (TPSA) is 34.4 Å². The predicted molar refractivity (Wildman–Crippen MR) is 62.7 cm³/mol. The Labute approximate surface area is 95.3 Å². The molecular formula is C10H9IN2O. The summed E-state index contributed by atoms with van der Waals surface area (Å²) in [6.45, 7) is 3.53. The highest BCUT2D eigenvalue weighted by molar-refractivity contribution is 14.1. The van der Waals surface area contributed by atoms with Crippen LogP contribution < -0.4 is 0 Å². The number of hydrogen-bond acceptors (Lipinski definition) is 2. The number of halogens is 1. The van der Waals surface area contributed by atoms with Gasteiger partial charge in [0.2, 0.25) is 0 Å². The summed E-state index contributed by atoms with van der Waals surface area (Å²) in [4.78, 5) is 15.6. The van der Waals surface area contributed by atoms with Gasteiger partial charge >= 0.3 is 0 Å². The van der Waals surface area contributed by atoms with Gasteiger partial charge in [-0.05, 0) is 41.6 Å². The second-order valence-electron chi connectivity index (χ2n) is 3.18. The Bertz CT molecular complexity index is 516. The van der Waals surface area contributed by atoms with Crippen molar-refractivity contribution in [3.05, 3.63) is 33.3 Å². The quantitative estimate of drug-likeness (QED) is 0.599. The third kappa shape index (κ3) is 1.33. The van der Waals surface area contributed by atoms with Gasteiger partial charge < -0.3 is 0 Å². The summed E-state index contributed by atoms with van der Waals surface area (Å²) < 4.78 is 2.95. The van der Waals surface area contributed by atoms with Crippen molar-refractivity contribution in [2.24, 2.45) is 0 Å². The van der Waals surface area contributed by atoms with Gasteiger partial charge in [-0.15, -0.1) is 0 Å². The molecule has 0 atom stereocenters. The number of ketones is 1. The maximum Gasteiger partial charge on any atom is 0.178 e. The lowest BCUT2D eigenvalue weighted by molar-refractivity contribution is 0.101. The number of fused-ring (bicyclic) bond motifs is 1. The van der Waals surface area contributed by atoms with Crippen molar-refractivity contribution in [3.63, 3.8) is 0 Å². The van der Waals surface area contributed by atoms with E-state index in [0.29, 0.717) is 5.69 Å². The normalized spacial score (nSPS) is 10.8. The van der Waals surface area contributed by atoms with Crippen LogP contribution >= 0.6 is 22.6 Å². The molecule has 0 radical (unpaired) electrons. The Morgan fingerprint density at radius 3 is 2.86 bits per heavy atom. The minimum atomic E-state index is 0.0441. The largest absolute Gasteiger partial charge is 0.293 e. The molecule has 2 aromatic heterocycles. The zero-order chi connectivity index (χ0) is 10.3. The molecule has 0 fully saturated rings. The number of rotatable bonds is 1. The van der Waals surface area contributed by atoms with Crippen LogP contribution in [0.5, 0.6) is 0 Å². The van der Waals surface area contributed by atoms with E-state index in [1.165, 1.54) is 0 Å². The highest BCUT2D eigenvalue weighted by Crippen LogP contribution is 2.17. The third-order valence-electron chi connectivity index (χ3n) is 2.16. The fourth-order valence-corrected chi connectivity index (χ4v) is 2.03. The monoisotopic (exact) mass is 300 g/mol. The van der Waals surface area contributed by atoms with Crippen molar-refractivity contribution >= 4 is 34.0 Å². The molecule has 0 N–H and O–H groups in total. The molecule has 4 heteroatoms. The first-order valence-corrected chi connectivity index (χ1v) is 5.32. The van der Waals surface area contributed by atoms with Gasteiger partial charge in [-0.1, -0.05) is 0 Å². The van der Waals surface area contributed by atoms with Gasteiger partial charge in [-0.25, -0.2) is 4.98 Å². The van der Waals surface area contributed by atoms with Gasteiger partial charge in [-0.2, -0.15) is 0 Å². The van der Waals surface area contributed by atoms with E-state index in [1.807, 2.05) is 23.5 Å². The molecule has 0 unspecified atom stereocenters. The minimum absolute atomic E-state index is 0.0441. The molecule has 0 aliphatic carbocycles. The van der Waals surface area contributed by atoms with Crippen LogP contribution in [0, 0.1) is 10.5 Å². The van der Waals surface area contributed by atoms with Gasteiger partial charge in [0.15, 0.2) is 11.4 Å². The number of nitrogens with zero attached hydrogens (tertiary/aromatic N) is 2. The molecule has 0 bridgehead atoms. The second kappa shape index (κ2) is 3.34. The van der Waals surface area contributed by atoms with E-state index in [0.717, 1.165) is 14.9 Å². The van der Waals surface area contributed by atoms with Crippen LogP contribution in [-0.4, -0.2) is 15.2 Å². The summed E-state index contributed by atoms with van der Waals surface area (Å²) in [6, 6.07) is 3.99. The minimum Gasteiger partial charge on any atom is -0.293 e. The summed E-state index contributed by atoms with van der Waals surface area (Å²) in [7, 11) is 0. The van der Waals surface area contributed by atoms with Crippen molar-refractivity contribution in [1.29, 1.82) is 0 Å². The Morgan fingerprint density at radius 1 is 1.50 bits per heavy atom. The summed E-state index contributed by atoms with van der Waals surface area (Å²) in [5.74, 6) is 0.0441. The molecule has 0 aliphatic heterocycles. The van der Waals surface area contributed by atoms with E-state index < -0.39 is 0 Å². The molecule has 0 saturated heterocycles. The molecular weight excluding hydrogens is 291 g/mol. The molecule has 0 spiro atoms. The van der Waals surface area contributed by atoms with Crippen LogP contribution in [0.4, 0.5) is 0 Å². The Morgan fingerprint density at radius 2 is 2.21 bits per heavy atom. The summed E-state index contributed by atoms with van der Waals surface area (Å²) in [5, 5.41) is 0. The first-order valence-electron chi connectivity index (χ1n) is 4.25. The smallest absolute Gasteiger partial charge is 0.178 e. The van der Waals surface area contributed by atoms with Crippen LogP contribution in [0.15, 0.2) is 18.3 Å². The fourth-order valence-electron chi connectivity index (χ4n) is 1.47. The lowest BCUT2D eigenvalue weighted by Crippen LogP contribution is -2.02. The van der Waals surface area contributed by atoms with Crippen molar-refractivity contribution in [3.8, 4) is 0 Å². The van der Waals surface area contributed by atoms with Crippen LogP contribution in [-0.2, 0) is 0 Å². The van der Waals surface area contributed by atoms with Crippen molar-refractivity contribution in [1.82, 2.24) is 9.38 Å². The summed E-state index contributed by atoms with van der Waals surface area (Å²) >= 11 is 2.22. The number of carbonyl (C=O) groups excluding carboxylic acids is 1.